The van der Waals surface area contributed by atoms with Gasteiger partial charge >= 0.3 is 5.76 Å². The van der Waals surface area contributed by atoms with Crippen molar-refractivity contribution in [2.24, 2.45) is 0 Å². The molecule has 2 aromatic rings. The Morgan fingerprint density at radius 3 is 2.86 bits per heavy atom. The molecule has 0 spiro atoms. The van der Waals surface area contributed by atoms with E-state index in [1.54, 1.807) is 6.92 Å². The summed E-state index contributed by atoms with van der Waals surface area (Å²) < 4.78 is 4.72. The van der Waals surface area contributed by atoms with Crippen molar-refractivity contribution in [1.29, 1.82) is 0 Å². The molecule has 1 N–H and O–H groups in total. The van der Waals surface area contributed by atoms with Gasteiger partial charge in [-0.05, 0) is 12.5 Å². The molecule has 0 bridgehead atoms. The van der Waals surface area contributed by atoms with E-state index in [4.69, 9.17) is 4.42 Å². The molecular weight excluding hydrogens is 188 g/mol. The van der Waals surface area contributed by atoms with Crippen LogP contribution in [0, 0.1) is 17.0 Å². The lowest BCUT2D eigenvalue weighted by Gasteiger charge is -1.94. The Bertz CT molecular complexity index is 566. The summed E-state index contributed by atoms with van der Waals surface area (Å²) in [4.78, 5) is 23.2. The van der Waals surface area contributed by atoms with Gasteiger partial charge in [0.15, 0.2) is 5.58 Å². The Kier molecular flexibility index (Phi) is 1.63. The van der Waals surface area contributed by atoms with E-state index in [-0.39, 0.29) is 11.3 Å². The van der Waals surface area contributed by atoms with Crippen molar-refractivity contribution in [3.05, 3.63) is 38.4 Å². The smallest absolute Gasteiger partial charge is 0.408 e. The van der Waals surface area contributed by atoms with Crippen LogP contribution in [0.15, 0.2) is 21.3 Å². The fraction of sp³-hybridized carbons (Fsp3) is 0.125. The Labute approximate surface area is 77.3 Å². The number of aromatic nitrogens is 1. The van der Waals surface area contributed by atoms with Gasteiger partial charge in [0, 0.05) is 6.07 Å². The minimum absolute atomic E-state index is 0.0854. The van der Waals surface area contributed by atoms with Crippen LogP contribution in [0.1, 0.15) is 5.56 Å². The van der Waals surface area contributed by atoms with Crippen molar-refractivity contribution in [2.45, 2.75) is 6.92 Å². The first-order chi connectivity index (χ1) is 6.58. The van der Waals surface area contributed by atoms with Gasteiger partial charge < -0.3 is 4.42 Å². The van der Waals surface area contributed by atoms with Crippen molar-refractivity contribution in [3.63, 3.8) is 0 Å². The number of nitrogens with one attached hydrogen (secondary N) is 1. The summed E-state index contributed by atoms with van der Waals surface area (Å²) in [7, 11) is 0. The molecule has 0 saturated heterocycles. The summed E-state index contributed by atoms with van der Waals surface area (Å²) in [6, 6.07) is 2.61. The van der Waals surface area contributed by atoms with E-state index in [0.29, 0.717) is 11.1 Å². The van der Waals surface area contributed by atoms with Crippen molar-refractivity contribution in [3.8, 4) is 0 Å². The van der Waals surface area contributed by atoms with Gasteiger partial charge in [-0.15, -0.1) is 0 Å². The number of oxazole rings is 1. The number of fused-ring (bicyclic) bond motifs is 1. The predicted octanol–water partition coefficient (Wildman–Crippen LogP) is 1.34. The van der Waals surface area contributed by atoms with Crippen LogP contribution in [0.4, 0.5) is 5.69 Å². The lowest BCUT2D eigenvalue weighted by Crippen LogP contribution is -1.93. The predicted molar refractivity (Wildman–Crippen MR) is 48.2 cm³/mol. The highest BCUT2D eigenvalue weighted by atomic mass is 16.6. The highest BCUT2D eigenvalue weighted by Gasteiger charge is 2.12. The van der Waals surface area contributed by atoms with Crippen LogP contribution in [0.25, 0.3) is 11.1 Å². The van der Waals surface area contributed by atoms with Crippen LogP contribution in [0.2, 0.25) is 0 Å². The van der Waals surface area contributed by atoms with E-state index in [2.05, 4.69) is 4.98 Å². The lowest BCUT2D eigenvalue weighted by molar-refractivity contribution is -0.384. The van der Waals surface area contributed by atoms with Gasteiger partial charge in [-0.1, -0.05) is 0 Å². The Balaban J connectivity index is 2.84. The number of H-pyrrole nitrogens is 1. The number of nitro benzene ring substituents is 1. The average Bonchev–Trinajstić information content (AvgIpc) is 2.45. The Morgan fingerprint density at radius 1 is 1.50 bits per heavy atom. The molecule has 1 aromatic carbocycles. The maximum atomic E-state index is 10.8. The molecule has 0 amide bonds. The van der Waals surface area contributed by atoms with Gasteiger partial charge in [0.1, 0.15) is 0 Å². The van der Waals surface area contributed by atoms with Crippen LogP contribution >= 0.6 is 0 Å². The average molecular weight is 194 g/mol. The number of aromatic amines is 1. The van der Waals surface area contributed by atoms with E-state index >= 15 is 0 Å². The van der Waals surface area contributed by atoms with Gasteiger partial charge in [0.2, 0.25) is 0 Å². The first-order valence-electron chi connectivity index (χ1n) is 3.86. The third kappa shape index (κ3) is 1.17. The molecule has 1 aromatic heterocycles. The molecule has 0 aliphatic heterocycles. The summed E-state index contributed by atoms with van der Waals surface area (Å²) >= 11 is 0. The minimum atomic E-state index is -0.608. The second-order valence-electron chi connectivity index (χ2n) is 2.91. The van der Waals surface area contributed by atoms with Gasteiger partial charge in [-0.3, -0.25) is 15.1 Å². The number of non-ortho nitro benzene ring substituents is 1. The lowest BCUT2D eigenvalue weighted by atomic mass is 10.2. The molecule has 0 atom stereocenters. The van der Waals surface area contributed by atoms with Crippen molar-refractivity contribution in [1.82, 2.24) is 4.98 Å². The zero-order valence-electron chi connectivity index (χ0n) is 7.23. The molecule has 14 heavy (non-hydrogen) atoms. The topological polar surface area (TPSA) is 89.1 Å². The summed E-state index contributed by atoms with van der Waals surface area (Å²) in [5.74, 6) is -0.608. The maximum Gasteiger partial charge on any atom is 0.417 e. The fourth-order valence-corrected chi connectivity index (χ4v) is 1.31. The first kappa shape index (κ1) is 8.49. The SMILES string of the molecule is Cc1cc([N+](=O)[O-])cc2oc(=O)[nH]c12. The number of nitrogens with zero attached hydrogens (tertiary/aromatic N) is 1. The number of rotatable bonds is 1. The molecule has 0 unspecified atom stereocenters. The van der Waals surface area contributed by atoms with Crippen LogP contribution in [0.3, 0.4) is 0 Å². The number of hydrogen-bond acceptors (Lipinski definition) is 4. The quantitative estimate of drug-likeness (QED) is 0.547. The molecule has 0 fully saturated rings. The molecule has 0 aliphatic rings. The minimum Gasteiger partial charge on any atom is -0.408 e. The number of nitro groups is 1. The molecule has 6 nitrogen and oxygen atoms in total. The standard InChI is InChI=1S/C8H6N2O4/c1-4-2-5(10(12)13)3-6-7(4)9-8(11)14-6/h2-3H,1H3,(H,9,11). The number of aryl methyl sites for hydroxylation is 1. The highest BCUT2D eigenvalue weighted by Crippen LogP contribution is 2.22. The van der Waals surface area contributed by atoms with Gasteiger partial charge in [0.05, 0.1) is 16.5 Å². The largest absolute Gasteiger partial charge is 0.417 e. The summed E-state index contributed by atoms with van der Waals surface area (Å²) in [5, 5.41) is 10.5. The van der Waals surface area contributed by atoms with Crippen molar-refractivity contribution >= 4 is 16.8 Å². The Morgan fingerprint density at radius 2 is 2.21 bits per heavy atom. The Hall–Kier alpha value is -2.11. The number of benzene rings is 1. The fourth-order valence-electron chi connectivity index (χ4n) is 1.31. The van der Waals surface area contributed by atoms with Crippen LogP contribution in [0.5, 0.6) is 0 Å². The van der Waals surface area contributed by atoms with Crippen molar-refractivity contribution in [2.75, 3.05) is 0 Å². The number of hydrogen-bond donors (Lipinski definition) is 1. The van der Waals surface area contributed by atoms with Crippen LogP contribution < -0.4 is 5.76 Å². The molecule has 0 saturated carbocycles. The molecule has 6 heteroatoms. The van der Waals surface area contributed by atoms with E-state index in [1.165, 1.54) is 12.1 Å². The third-order valence-electron chi connectivity index (χ3n) is 1.92. The second kappa shape index (κ2) is 2.69. The van der Waals surface area contributed by atoms with Crippen molar-refractivity contribution < 1.29 is 9.34 Å². The molecule has 72 valence electrons. The molecule has 0 radical (unpaired) electrons. The van der Waals surface area contributed by atoms with E-state index in [0.717, 1.165) is 0 Å². The molecular formula is C8H6N2O4. The summed E-state index contributed by atoms with van der Waals surface area (Å²) in [6.07, 6.45) is 0. The van der Waals surface area contributed by atoms with Gasteiger partial charge in [-0.25, -0.2) is 4.79 Å². The summed E-state index contributed by atoms with van der Waals surface area (Å²) in [6.45, 7) is 1.67. The molecule has 1 heterocycles. The van der Waals surface area contributed by atoms with Gasteiger partial charge in [0.25, 0.3) is 5.69 Å². The zero-order valence-corrected chi connectivity index (χ0v) is 7.23. The van der Waals surface area contributed by atoms with E-state index in [1.807, 2.05) is 0 Å². The molecule has 2 rings (SSSR count). The second-order valence-corrected chi connectivity index (χ2v) is 2.91. The molecule has 0 aliphatic carbocycles. The highest BCUT2D eigenvalue weighted by molar-refractivity contribution is 5.78. The van der Waals surface area contributed by atoms with Gasteiger partial charge in [-0.2, -0.15) is 0 Å². The van der Waals surface area contributed by atoms with Crippen LogP contribution in [-0.2, 0) is 0 Å². The first-order valence-corrected chi connectivity index (χ1v) is 3.86. The third-order valence-corrected chi connectivity index (χ3v) is 1.92. The monoisotopic (exact) mass is 194 g/mol. The van der Waals surface area contributed by atoms with E-state index < -0.39 is 10.7 Å². The maximum absolute atomic E-state index is 10.8. The normalized spacial score (nSPS) is 10.6. The van der Waals surface area contributed by atoms with Crippen LogP contribution in [-0.4, -0.2) is 9.91 Å². The zero-order chi connectivity index (χ0) is 10.3. The van der Waals surface area contributed by atoms with E-state index in [9.17, 15) is 14.9 Å². The summed E-state index contributed by atoms with van der Waals surface area (Å²) in [5.41, 5.74) is 1.24.